The second-order valence-corrected chi connectivity index (χ2v) is 8.71. The number of ether oxygens (including phenoxy) is 1. The lowest BCUT2D eigenvalue weighted by Crippen LogP contribution is -2.37. The minimum absolute atomic E-state index is 0.0425. The summed E-state index contributed by atoms with van der Waals surface area (Å²) in [6.07, 6.45) is 2.19. The zero-order chi connectivity index (χ0) is 19.4. The van der Waals surface area contributed by atoms with Crippen LogP contribution < -0.4 is 0 Å². The van der Waals surface area contributed by atoms with Crippen LogP contribution in [0.5, 0.6) is 0 Å². The van der Waals surface area contributed by atoms with E-state index in [-0.39, 0.29) is 17.4 Å². The number of amides is 1. The summed E-state index contributed by atoms with van der Waals surface area (Å²) in [4.78, 5) is 15.1. The average Bonchev–Trinajstić information content (AvgIpc) is 3.15. The van der Waals surface area contributed by atoms with E-state index in [1.807, 2.05) is 41.3 Å². The van der Waals surface area contributed by atoms with Gasteiger partial charge in [0.25, 0.3) is 5.91 Å². The quantitative estimate of drug-likeness (QED) is 0.684. The molecule has 1 aliphatic heterocycles. The second kappa shape index (κ2) is 8.45. The summed E-state index contributed by atoms with van der Waals surface area (Å²) in [7, 11) is 0. The van der Waals surface area contributed by atoms with Gasteiger partial charge in [0.15, 0.2) is 0 Å². The van der Waals surface area contributed by atoms with Crippen molar-refractivity contribution >= 4 is 17.5 Å². The summed E-state index contributed by atoms with van der Waals surface area (Å²) in [5, 5.41) is 0.702. The van der Waals surface area contributed by atoms with E-state index in [0.29, 0.717) is 18.1 Å². The number of carbonyl (C=O) groups excluding carboxylic acids is 1. The van der Waals surface area contributed by atoms with E-state index in [9.17, 15) is 4.79 Å². The Morgan fingerprint density at radius 2 is 1.78 bits per heavy atom. The molecule has 0 aliphatic carbocycles. The van der Waals surface area contributed by atoms with Gasteiger partial charge in [0.1, 0.15) is 0 Å². The molecule has 2 aromatic carbocycles. The molecule has 0 aromatic heterocycles. The first-order valence-electron chi connectivity index (χ1n) is 9.59. The van der Waals surface area contributed by atoms with E-state index >= 15 is 0 Å². The number of benzene rings is 2. The number of hydrogen-bond acceptors (Lipinski definition) is 2. The number of halogens is 1. The fraction of sp³-hybridized carbons (Fsp3) is 0.435. The predicted molar refractivity (Wildman–Crippen MR) is 110 cm³/mol. The molecule has 0 bridgehead atoms. The average molecular weight is 386 g/mol. The van der Waals surface area contributed by atoms with Gasteiger partial charge < -0.3 is 9.64 Å². The molecule has 0 N–H and O–H groups in total. The van der Waals surface area contributed by atoms with Crippen molar-refractivity contribution < 1.29 is 9.53 Å². The Kier molecular flexibility index (Phi) is 6.23. The van der Waals surface area contributed by atoms with E-state index in [1.165, 1.54) is 5.56 Å². The molecule has 1 unspecified atom stereocenters. The highest BCUT2D eigenvalue weighted by Gasteiger charge is 2.24. The van der Waals surface area contributed by atoms with Crippen LogP contribution in [-0.4, -0.2) is 30.1 Å². The van der Waals surface area contributed by atoms with Gasteiger partial charge in [-0.25, -0.2) is 0 Å². The summed E-state index contributed by atoms with van der Waals surface area (Å²) in [5.74, 6) is 0.0425. The minimum Gasteiger partial charge on any atom is -0.376 e. The highest BCUT2D eigenvalue weighted by Crippen LogP contribution is 2.23. The molecule has 1 amide bonds. The van der Waals surface area contributed by atoms with Gasteiger partial charge in [-0.2, -0.15) is 0 Å². The molecule has 3 nitrogen and oxygen atoms in total. The maximum Gasteiger partial charge on any atom is 0.254 e. The molecule has 2 aromatic rings. The lowest BCUT2D eigenvalue weighted by molar-refractivity contribution is 0.0507. The SMILES string of the molecule is CC(C)(C)c1ccc(C(=O)N(Cc2ccc(Cl)cc2)CC2CCCO2)cc1. The van der Waals surface area contributed by atoms with E-state index in [2.05, 4.69) is 32.9 Å². The molecule has 1 fully saturated rings. The third kappa shape index (κ3) is 5.33. The zero-order valence-corrected chi connectivity index (χ0v) is 17.1. The zero-order valence-electron chi connectivity index (χ0n) is 16.4. The predicted octanol–water partition coefficient (Wildman–Crippen LogP) is 5.46. The van der Waals surface area contributed by atoms with Crippen molar-refractivity contribution in [1.82, 2.24) is 4.90 Å². The van der Waals surface area contributed by atoms with Gasteiger partial charge in [-0.3, -0.25) is 4.79 Å². The fourth-order valence-corrected chi connectivity index (χ4v) is 3.48. The van der Waals surface area contributed by atoms with Gasteiger partial charge in [0.2, 0.25) is 0 Å². The van der Waals surface area contributed by atoms with Crippen LogP contribution in [0.15, 0.2) is 48.5 Å². The number of carbonyl (C=O) groups is 1. The summed E-state index contributed by atoms with van der Waals surface area (Å²) in [6, 6.07) is 15.7. The molecule has 4 heteroatoms. The van der Waals surface area contributed by atoms with Crippen LogP contribution in [0.4, 0.5) is 0 Å². The Hall–Kier alpha value is -1.84. The smallest absolute Gasteiger partial charge is 0.254 e. The maximum atomic E-state index is 13.2. The lowest BCUT2D eigenvalue weighted by Gasteiger charge is -2.26. The van der Waals surface area contributed by atoms with Crippen molar-refractivity contribution in [2.24, 2.45) is 0 Å². The first-order valence-corrected chi connectivity index (χ1v) is 9.96. The third-order valence-corrected chi connectivity index (χ3v) is 5.27. The van der Waals surface area contributed by atoms with Crippen LogP contribution in [0.1, 0.15) is 55.1 Å². The molecule has 1 atom stereocenters. The van der Waals surface area contributed by atoms with Crippen molar-refractivity contribution in [3.05, 3.63) is 70.2 Å². The minimum atomic E-state index is 0.0425. The second-order valence-electron chi connectivity index (χ2n) is 8.27. The topological polar surface area (TPSA) is 29.5 Å². The van der Waals surface area contributed by atoms with E-state index in [1.54, 1.807) is 0 Å². The molecular weight excluding hydrogens is 358 g/mol. The normalized spacial score (nSPS) is 17.1. The lowest BCUT2D eigenvalue weighted by atomic mass is 9.86. The van der Waals surface area contributed by atoms with Crippen LogP contribution in [0.25, 0.3) is 0 Å². The van der Waals surface area contributed by atoms with Crippen LogP contribution in [0, 0.1) is 0 Å². The molecule has 27 heavy (non-hydrogen) atoms. The third-order valence-electron chi connectivity index (χ3n) is 5.02. The van der Waals surface area contributed by atoms with Crippen LogP contribution in [-0.2, 0) is 16.7 Å². The molecule has 0 radical (unpaired) electrons. The maximum absolute atomic E-state index is 13.2. The Balaban J connectivity index is 1.79. The van der Waals surface area contributed by atoms with Gasteiger partial charge in [-0.1, -0.05) is 56.6 Å². The molecule has 1 saturated heterocycles. The van der Waals surface area contributed by atoms with Crippen LogP contribution in [0.2, 0.25) is 5.02 Å². The van der Waals surface area contributed by atoms with Gasteiger partial charge >= 0.3 is 0 Å². The molecule has 0 spiro atoms. The molecule has 0 saturated carbocycles. The monoisotopic (exact) mass is 385 g/mol. The Morgan fingerprint density at radius 1 is 1.11 bits per heavy atom. The van der Waals surface area contributed by atoms with Crippen molar-refractivity contribution in [2.75, 3.05) is 13.2 Å². The number of hydrogen-bond donors (Lipinski definition) is 0. The van der Waals surface area contributed by atoms with Crippen LogP contribution in [0.3, 0.4) is 0 Å². The van der Waals surface area contributed by atoms with Gasteiger partial charge in [-0.05, 0) is 53.6 Å². The van der Waals surface area contributed by atoms with E-state index in [0.717, 1.165) is 30.6 Å². The van der Waals surface area contributed by atoms with E-state index < -0.39 is 0 Å². The molecule has 144 valence electrons. The van der Waals surface area contributed by atoms with Crippen molar-refractivity contribution in [3.63, 3.8) is 0 Å². The molecular formula is C23H28ClNO2. The highest BCUT2D eigenvalue weighted by molar-refractivity contribution is 6.30. The first-order chi connectivity index (χ1) is 12.8. The number of rotatable bonds is 5. The highest BCUT2D eigenvalue weighted by atomic mass is 35.5. The van der Waals surface area contributed by atoms with Gasteiger partial charge in [0, 0.05) is 30.3 Å². The summed E-state index contributed by atoms with van der Waals surface area (Å²) < 4.78 is 5.78. The van der Waals surface area contributed by atoms with Crippen LogP contribution >= 0.6 is 11.6 Å². The van der Waals surface area contributed by atoms with Gasteiger partial charge in [0.05, 0.1) is 6.10 Å². The molecule has 3 rings (SSSR count). The van der Waals surface area contributed by atoms with E-state index in [4.69, 9.17) is 16.3 Å². The first kappa shape index (κ1) is 19.9. The van der Waals surface area contributed by atoms with Crippen molar-refractivity contribution in [2.45, 2.75) is 51.7 Å². The Labute approximate surface area is 167 Å². The number of nitrogens with zero attached hydrogens (tertiary/aromatic N) is 1. The van der Waals surface area contributed by atoms with Crippen molar-refractivity contribution in [3.8, 4) is 0 Å². The standard InChI is InChI=1S/C23H28ClNO2/c1-23(2,3)19-10-8-18(9-11-19)22(26)25(16-21-5-4-14-27-21)15-17-6-12-20(24)13-7-17/h6-13,21H,4-5,14-16H2,1-3H3. The Morgan fingerprint density at radius 3 is 2.33 bits per heavy atom. The molecule has 1 heterocycles. The van der Waals surface area contributed by atoms with Crippen molar-refractivity contribution in [1.29, 1.82) is 0 Å². The molecule has 1 aliphatic rings. The fourth-order valence-electron chi connectivity index (χ4n) is 3.36. The largest absolute Gasteiger partial charge is 0.376 e. The summed E-state index contributed by atoms with van der Waals surface area (Å²) in [5.41, 5.74) is 3.08. The Bertz CT molecular complexity index is 756. The summed E-state index contributed by atoms with van der Waals surface area (Å²) in [6.45, 7) is 8.48. The van der Waals surface area contributed by atoms with Gasteiger partial charge in [-0.15, -0.1) is 0 Å². The summed E-state index contributed by atoms with van der Waals surface area (Å²) >= 11 is 6.00.